The summed E-state index contributed by atoms with van der Waals surface area (Å²) in [6.45, 7) is 5.38. The second-order valence-corrected chi connectivity index (χ2v) is 5.62. The molecule has 4 heteroatoms. The molecule has 1 aromatic heterocycles. The monoisotopic (exact) mass is 307 g/mol. The van der Waals surface area contributed by atoms with E-state index in [9.17, 15) is 4.79 Å². The number of hydrogen-bond donors (Lipinski definition) is 1. The Kier molecular flexibility index (Phi) is 4.53. The van der Waals surface area contributed by atoms with Crippen LogP contribution in [-0.4, -0.2) is 9.55 Å². The van der Waals surface area contributed by atoms with Crippen molar-refractivity contribution in [2.45, 2.75) is 33.0 Å². The second kappa shape index (κ2) is 6.75. The Balaban J connectivity index is 1.93. The van der Waals surface area contributed by atoms with Crippen LogP contribution in [0.4, 0.5) is 0 Å². The first-order valence-electron chi connectivity index (χ1n) is 7.97. The summed E-state index contributed by atoms with van der Waals surface area (Å²) in [5, 5.41) is 4.13. The first-order chi connectivity index (χ1) is 11.2. The molecule has 0 unspecified atom stereocenters. The number of nitrogens with one attached hydrogen (secondary N) is 1. The lowest BCUT2D eigenvalue weighted by atomic mass is 10.2. The number of nitrogens with zero attached hydrogens (tertiary/aromatic N) is 2. The molecule has 0 fully saturated rings. The van der Waals surface area contributed by atoms with E-state index in [1.807, 2.05) is 56.3 Å². The molecule has 23 heavy (non-hydrogen) atoms. The molecule has 1 heterocycles. The summed E-state index contributed by atoms with van der Waals surface area (Å²) >= 11 is 0. The van der Waals surface area contributed by atoms with Gasteiger partial charge in [0.15, 0.2) is 0 Å². The van der Waals surface area contributed by atoms with E-state index in [-0.39, 0.29) is 11.6 Å². The van der Waals surface area contributed by atoms with E-state index in [1.165, 1.54) is 5.56 Å². The van der Waals surface area contributed by atoms with Crippen molar-refractivity contribution >= 4 is 10.9 Å². The van der Waals surface area contributed by atoms with E-state index < -0.39 is 0 Å². The van der Waals surface area contributed by atoms with Gasteiger partial charge in [0, 0.05) is 13.1 Å². The first-order valence-corrected chi connectivity index (χ1v) is 7.97. The average Bonchev–Trinajstić information content (AvgIpc) is 2.60. The Morgan fingerprint density at radius 1 is 1.09 bits per heavy atom. The second-order valence-electron chi connectivity index (χ2n) is 5.62. The van der Waals surface area contributed by atoms with Gasteiger partial charge in [-0.1, -0.05) is 42.5 Å². The fourth-order valence-corrected chi connectivity index (χ4v) is 2.78. The third-order valence-corrected chi connectivity index (χ3v) is 4.05. The van der Waals surface area contributed by atoms with Crippen LogP contribution in [0.25, 0.3) is 10.9 Å². The molecule has 0 aliphatic carbocycles. The quantitative estimate of drug-likeness (QED) is 0.787. The van der Waals surface area contributed by atoms with Gasteiger partial charge in [0.05, 0.1) is 16.9 Å². The highest BCUT2D eigenvalue weighted by molar-refractivity contribution is 5.77. The lowest BCUT2D eigenvalue weighted by Crippen LogP contribution is -2.30. The lowest BCUT2D eigenvalue weighted by molar-refractivity contribution is 0.504. The van der Waals surface area contributed by atoms with Crippen LogP contribution in [0.5, 0.6) is 0 Å². The molecular formula is C19H21N3O. The first kappa shape index (κ1) is 15.4. The van der Waals surface area contributed by atoms with Crippen LogP contribution in [0.15, 0.2) is 59.4 Å². The molecule has 4 nitrogen and oxygen atoms in total. The number of hydrogen-bond acceptors (Lipinski definition) is 3. The summed E-state index contributed by atoms with van der Waals surface area (Å²) in [5.74, 6) is 0.784. The molecule has 0 aliphatic heterocycles. The largest absolute Gasteiger partial charge is 0.303 e. The van der Waals surface area contributed by atoms with Crippen LogP contribution in [0.2, 0.25) is 0 Å². The summed E-state index contributed by atoms with van der Waals surface area (Å²) in [4.78, 5) is 17.4. The normalized spacial score (nSPS) is 12.4. The number of rotatable bonds is 5. The van der Waals surface area contributed by atoms with Gasteiger partial charge in [-0.2, -0.15) is 0 Å². The fourth-order valence-electron chi connectivity index (χ4n) is 2.78. The molecule has 0 aliphatic rings. The third-order valence-electron chi connectivity index (χ3n) is 4.05. The van der Waals surface area contributed by atoms with Crippen molar-refractivity contribution in [2.24, 2.45) is 0 Å². The minimum atomic E-state index is -0.00698. The molecule has 3 aromatic rings. The minimum Gasteiger partial charge on any atom is -0.303 e. The van der Waals surface area contributed by atoms with Gasteiger partial charge in [0.1, 0.15) is 5.82 Å². The molecule has 0 saturated heterocycles. The fraction of sp³-hybridized carbons (Fsp3) is 0.263. The van der Waals surface area contributed by atoms with Crippen molar-refractivity contribution in [1.82, 2.24) is 14.9 Å². The molecular weight excluding hydrogens is 286 g/mol. The molecule has 2 aromatic carbocycles. The zero-order valence-corrected chi connectivity index (χ0v) is 13.5. The Hall–Kier alpha value is -2.46. The van der Waals surface area contributed by atoms with Crippen molar-refractivity contribution in [1.29, 1.82) is 0 Å². The SMILES string of the molecule is CCn1c([C@H](C)NCc2ccccc2)nc2ccccc2c1=O. The molecule has 3 rings (SSSR count). The summed E-state index contributed by atoms with van der Waals surface area (Å²) in [6, 6.07) is 17.7. The van der Waals surface area contributed by atoms with E-state index in [2.05, 4.69) is 17.4 Å². The number of aromatic nitrogens is 2. The highest BCUT2D eigenvalue weighted by Gasteiger charge is 2.15. The predicted octanol–water partition coefficient (Wildman–Crippen LogP) is 3.27. The topological polar surface area (TPSA) is 46.9 Å². The molecule has 1 atom stereocenters. The molecule has 0 saturated carbocycles. The highest BCUT2D eigenvalue weighted by atomic mass is 16.1. The Bertz CT molecular complexity index is 855. The predicted molar refractivity (Wildman–Crippen MR) is 93.4 cm³/mol. The van der Waals surface area contributed by atoms with Crippen LogP contribution in [0.3, 0.4) is 0 Å². The molecule has 0 amide bonds. The van der Waals surface area contributed by atoms with Crippen LogP contribution in [0, 0.1) is 0 Å². The standard InChI is InChI=1S/C19H21N3O/c1-3-22-18(14(2)20-13-15-9-5-4-6-10-15)21-17-12-8-7-11-16(17)19(22)23/h4-12,14,20H,3,13H2,1-2H3/t14-/m0/s1. The lowest BCUT2D eigenvalue weighted by Gasteiger charge is -2.18. The zero-order chi connectivity index (χ0) is 16.2. The van der Waals surface area contributed by atoms with Gasteiger partial charge in [0.2, 0.25) is 0 Å². The van der Waals surface area contributed by atoms with Crippen LogP contribution in [0.1, 0.15) is 31.3 Å². The molecule has 0 spiro atoms. The van der Waals surface area contributed by atoms with Crippen molar-refractivity contribution in [2.75, 3.05) is 0 Å². The Morgan fingerprint density at radius 2 is 1.78 bits per heavy atom. The van der Waals surface area contributed by atoms with Crippen LogP contribution < -0.4 is 10.9 Å². The third kappa shape index (κ3) is 3.17. The van der Waals surface area contributed by atoms with Gasteiger partial charge in [-0.25, -0.2) is 4.98 Å². The Labute approximate surface area is 135 Å². The number of benzene rings is 2. The van der Waals surface area contributed by atoms with Gasteiger partial charge in [0.25, 0.3) is 5.56 Å². The molecule has 0 radical (unpaired) electrons. The minimum absolute atomic E-state index is 0.00698. The van der Waals surface area contributed by atoms with Gasteiger partial charge in [-0.3, -0.25) is 9.36 Å². The molecule has 118 valence electrons. The maximum absolute atomic E-state index is 12.7. The van der Waals surface area contributed by atoms with Crippen molar-refractivity contribution in [3.63, 3.8) is 0 Å². The van der Waals surface area contributed by atoms with E-state index in [1.54, 1.807) is 4.57 Å². The van der Waals surface area contributed by atoms with Crippen molar-refractivity contribution in [3.05, 3.63) is 76.3 Å². The number of fused-ring (bicyclic) bond motifs is 1. The summed E-state index contributed by atoms with van der Waals surface area (Å²) in [7, 11) is 0. The number of para-hydroxylation sites is 1. The van der Waals surface area contributed by atoms with E-state index in [0.29, 0.717) is 11.9 Å². The Morgan fingerprint density at radius 3 is 2.52 bits per heavy atom. The molecule has 0 bridgehead atoms. The zero-order valence-electron chi connectivity index (χ0n) is 13.5. The van der Waals surface area contributed by atoms with Crippen LogP contribution in [-0.2, 0) is 13.1 Å². The summed E-state index contributed by atoms with van der Waals surface area (Å²) < 4.78 is 1.75. The van der Waals surface area contributed by atoms with Gasteiger partial charge < -0.3 is 5.32 Å². The molecule has 1 N–H and O–H groups in total. The van der Waals surface area contributed by atoms with Crippen molar-refractivity contribution < 1.29 is 0 Å². The average molecular weight is 307 g/mol. The summed E-state index contributed by atoms with van der Waals surface area (Å²) in [5.41, 5.74) is 2.00. The maximum Gasteiger partial charge on any atom is 0.261 e. The van der Waals surface area contributed by atoms with Gasteiger partial charge in [-0.15, -0.1) is 0 Å². The maximum atomic E-state index is 12.7. The van der Waals surface area contributed by atoms with E-state index in [4.69, 9.17) is 4.98 Å². The van der Waals surface area contributed by atoms with E-state index >= 15 is 0 Å². The van der Waals surface area contributed by atoms with Gasteiger partial charge in [-0.05, 0) is 31.5 Å². The van der Waals surface area contributed by atoms with E-state index in [0.717, 1.165) is 17.9 Å². The smallest absolute Gasteiger partial charge is 0.261 e. The van der Waals surface area contributed by atoms with Crippen LogP contribution >= 0.6 is 0 Å². The highest BCUT2D eigenvalue weighted by Crippen LogP contribution is 2.14. The van der Waals surface area contributed by atoms with Crippen molar-refractivity contribution in [3.8, 4) is 0 Å². The summed E-state index contributed by atoms with van der Waals surface area (Å²) in [6.07, 6.45) is 0. The van der Waals surface area contributed by atoms with Gasteiger partial charge >= 0.3 is 0 Å².